The number of hydrogen-bond acceptors (Lipinski definition) is 6. The number of carbonyl (C=O) groups excluding carboxylic acids is 1. The minimum atomic E-state index is -0.154. The van der Waals surface area contributed by atoms with Gasteiger partial charge in [-0.2, -0.15) is 5.10 Å². The van der Waals surface area contributed by atoms with Crippen molar-refractivity contribution in [2.24, 2.45) is 0 Å². The number of hydrogen-bond donors (Lipinski definition) is 2. The molecule has 8 nitrogen and oxygen atoms in total. The van der Waals surface area contributed by atoms with Crippen LogP contribution < -0.4 is 5.32 Å². The highest BCUT2D eigenvalue weighted by Crippen LogP contribution is 2.20. The first kappa shape index (κ1) is 18.1. The predicted octanol–water partition coefficient (Wildman–Crippen LogP) is 2.23. The van der Waals surface area contributed by atoms with Crippen LogP contribution in [0, 0.1) is 6.92 Å². The summed E-state index contributed by atoms with van der Waals surface area (Å²) in [6.45, 7) is 5.91. The van der Waals surface area contributed by atoms with Gasteiger partial charge in [0.1, 0.15) is 5.82 Å². The highest BCUT2D eigenvalue weighted by molar-refractivity contribution is 7.99. The van der Waals surface area contributed by atoms with Gasteiger partial charge in [-0.15, -0.1) is 5.10 Å². The van der Waals surface area contributed by atoms with Crippen LogP contribution in [-0.2, 0) is 11.2 Å². The minimum absolute atomic E-state index is 0.0738. The van der Waals surface area contributed by atoms with E-state index in [1.807, 2.05) is 39.0 Å². The summed E-state index contributed by atoms with van der Waals surface area (Å²) in [4.78, 5) is 20.8. The first-order chi connectivity index (χ1) is 12.6. The Balaban J connectivity index is 1.60. The summed E-state index contributed by atoms with van der Waals surface area (Å²) in [6, 6.07) is 5.52. The Morgan fingerprint density at radius 2 is 2.27 bits per heavy atom. The summed E-state index contributed by atoms with van der Waals surface area (Å²) in [7, 11) is 0. The molecule has 0 radical (unpaired) electrons. The van der Waals surface area contributed by atoms with Gasteiger partial charge in [0.25, 0.3) is 0 Å². The van der Waals surface area contributed by atoms with Gasteiger partial charge in [-0.3, -0.25) is 9.89 Å². The molecule has 3 rings (SSSR count). The molecule has 0 fully saturated rings. The van der Waals surface area contributed by atoms with E-state index in [0.717, 1.165) is 29.3 Å². The number of aromatic nitrogens is 6. The van der Waals surface area contributed by atoms with Crippen LogP contribution in [0.3, 0.4) is 0 Å². The van der Waals surface area contributed by atoms with E-state index in [2.05, 4.69) is 30.6 Å². The molecular weight excluding hydrogens is 350 g/mol. The molecule has 136 valence electrons. The predicted molar refractivity (Wildman–Crippen MR) is 99.1 cm³/mol. The van der Waals surface area contributed by atoms with Crippen molar-refractivity contribution in [1.29, 1.82) is 0 Å². The molecule has 0 spiro atoms. The van der Waals surface area contributed by atoms with Crippen LogP contribution in [0.2, 0.25) is 0 Å². The number of aryl methyl sites for hydroxylation is 1. The van der Waals surface area contributed by atoms with E-state index in [9.17, 15) is 4.79 Å². The van der Waals surface area contributed by atoms with Gasteiger partial charge in [0.15, 0.2) is 5.82 Å². The maximum atomic E-state index is 12.2. The third kappa shape index (κ3) is 4.10. The average Bonchev–Trinajstić information content (AvgIpc) is 3.27. The molecule has 2 N–H and O–H groups in total. The summed E-state index contributed by atoms with van der Waals surface area (Å²) in [5, 5.41) is 14.9. The molecule has 3 aromatic heterocycles. The molecule has 0 saturated heterocycles. The number of carbonyl (C=O) groups is 1. The number of amides is 1. The van der Waals surface area contributed by atoms with Crippen LogP contribution in [0.25, 0.3) is 5.82 Å². The second kappa shape index (κ2) is 8.13. The number of thioether (sulfide) groups is 1. The fraction of sp³-hybridized carbons (Fsp3) is 0.353. The first-order valence-electron chi connectivity index (χ1n) is 8.37. The Hall–Kier alpha value is -2.68. The van der Waals surface area contributed by atoms with E-state index in [0.29, 0.717) is 5.16 Å². The lowest BCUT2D eigenvalue weighted by atomic mass is 10.1. The minimum Gasteiger partial charge on any atom is -0.349 e. The highest BCUT2D eigenvalue weighted by atomic mass is 32.2. The second-order valence-corrected chi connectivity index (χ2v) is 6.72. The average molecular weight is 371 g/mol. The monoisotopic (exact) mass is 371 g/mol. The van der Waals surface area contributed by atoms with Crippen LogP contribution in [0.5, 0.6) is 0 Å². The summed E-state index contributed by atoms with van der Waals surface area (Å²) in [5.41, 5.74) is 1.91. The van der Waals surface area contributed by atoms with Crippen molar-refractivity contribution < 1.29 is 4.79 Å². The molecule has 3 heterocycles. The van der Waals surface area contributed by atoms with E-state index < -0.39 is 0 Å². The Kier molecular flexibility index (Phi) is 5.67. The fourth-order valence-corrected chi connectivity index (χ4v) is 3.18. The molecule has 0 aromatic carbocycles. The Morgan fingerprint density at radius 3 is 2.96 bits per heavy atom. The number of nitrogens with zero attached hydrogens (tertiary/aromatic N) is 5. The molecular formula is C17H21N7OS. The van der Waals surface area contributed by atoms with Crippen LogP contribution in [0.1, 0.15) is 37.0 Å². The van der Waals surface area contributed by atoms with Crippen molar-refractivity contribution in [2.45, 2.75) is 38.4 Å². The maximum absolute atomic E-state index is 12.2. The third-order valence-corrected chi connectivity index (χ3v) is 4.78. The zero-order valence-corrected chi connectivity index (χ0v) is 15.7. The van der Waals surface area contributed by atoms with E-state index in [-0.39, 0.29) is 17.7 Å². The molecule has 9 heteroatoms. The third-order valence-electron chi connectivity index (χ3n) is 3.94. The van der Waals surface area contributed by atoms with Gasteiger partial charge < -0.3 is 5.32 Å². The zero-order chi connectivity index (χ0) is 18.5. The van der Waals surface area contributed by atoms with Crippen LogP contribution in [0.4, 0.5) is 0 Å². The summed E-state index contributed by atoms with van der Waals surface area (Å²) >= 11 is 1.31. The Morgan fingerprint density at radius 1 is 1.42 bits per heavy atom. The lowest BCUT2D eigenvalue weighted by Crippen LogP contribution is -2.28. The lowest BCUT2D eigenvalue weighted by Gasteiger charge is -2.13. The van der Waals surface area contributed by atoms with E-state index in [1.165, 1.54) is 11.8 Å². The molecule has 0 aliphatic rings. The smallest absolute Gasteiger partial charge is 0.230 e. The topological polar surface area (TPSA) is 101 Å². The number of nitrogens with one attached hydrogen (secondary N) is 2. The van der Waals surface area contributed by atoms with Crippen LogP contribution in [0.15, 0.2) is 35.7 Å². The van der Waals surface area contributed by atoms with Gasteiger partial charge >= 0.3 is 0 Å². The molecule has 1 atom stereocenters. The van der Waals surface area contributed by atoms with Crippen molar-refractivity contribution in [3.05, 3.63) is 47.7 Å². The standard InChI is InChI=1S/C17H21N7OS/c1-4-14-21-17(23-22-14)26-10-16(25)20-11(2)13-9-19-24(12(13)3)15-7-5-6-8-18-15/h5-9,11H,4,10H2,1-3H3,(H,20,25)(H,21,22,23). The van der Waals surface area contributed by atoms with Crippen molar-refractivity contribution in [3.8, 4) is 5.82 Å². The Labute approximate surface area is 155 Å². The molecule has 0 aliphatic heterocycles. The van der Waals surface area contributed by atoms with Gasteiger partial charge in [-0.1, -0.05) is 24.8 Å². The molecule has 0 saturated carbocycles. The summed E-state index contributed by atoms with van der Waals surface area (Å²) in [6.07, 6.45) is 4.28. The number of rotatable bonds is 7. The normalized spacial score (nSPS) is 12.1. The molecule has 0 bridgehead atoms. The van der Waals surface area contributed by atoms with Crippen LogP contribution >= 0.6 is 11.8 Å². The lowest BCUT2D eigenvalue weighted by molar-refractivity contribution is -0.119. The van der Waals surface area contributed by atoms with Gasteiger partial charge in [-0.25, -0.2) is 14.6 Å². The van der Waals surface area contributed by atoms with Gasteiger partial charge in [-0.05, 0) is 26.0 Å². The summed E-state index contributed by atoms with van der Waals surface area (Å²) < 4.78 is 1.77. The second-order valence-electron chi connectivity index (χ2n) is 5.78. The SMILES string of the molecule is CCc1nc(SCC(=O)NC(C)c2cnn(-c3ccccn3)c2C)n[nH]1. The van der Waals surface area contributed by atoms with Crippen molar-refractivity contribution in [3.63, 3.8) is 0 Å². The van der Waals surface area contributed by atoms with E-state index in [1.54, 1.807) is 17.1 Å². The number of pyridine rings is 1. The highest BCUT2D eigenvalue weighted by Gasteiger charge is 2.17. The molecule has 1 amide bonds. The largest absolute Gasteiger partial charge is 0.349 e. The van der Waals surface area contributed by atoms with Gasteiger partial charge in [0.05, 0.1) is 18.0 Å². The first-order valence-corrected chi connectivity index (χ1v) is 9.36. The van der Waals surface area contributed by atoms with Crippen molar-refractivity contribution in [2.75, 3.05) is 5.75 Å². The number of aromatic amines is 1. The zero-order valence-electron chi connectivity index (χ0n) is 14.9. The molecule has 26 heavy (non-hydrogen) atoms. The van der Waals surface area contributed by atoms with Gasteiger partial charge in [0, 0.05) is 23.9 Å². The quantitative estimate of drug-likeness (QED) is 0.618. The van der Waals surface area contributed by atoms with Crippen molar-refractivity contribution >= 4 is 17.7 Å². The molecule has 0 aliphatic carbocycles. The molecule has 1 unspecified atom stereocenters. The van der Waals surface area contributed by atoms with Gasteiger partial charge in [0.2, 0.25) is 11.1 Å². The van der Waals surface area contributed by atoms with E-state index >= 15 is 0 Å². The fourth-order valence-electron chi connectivity index (χ4n) is 2.55. The van der Waals surface area contributed by atoms with E-state index in [4.69, 9.17) is 0 Å². The van der Waals surface area contributed by atoms with Crippen molar-refractivity contribution in [1.82, 2.24) is 35.3 Å². The summed E-state index contributed by atoms with van der Waals surface area (Å²) in [5.74, 6) is 1.76. The Bertz CT molecular complexity index is 874. The number of H-pyrrole nitrogens is 1. The maximum Gasteiger partial charge on any atom is 0.230 e. The molecule has 3 aromatic rings. The van der Waals surface area contributed by atoms with Crippen LogP contribution in [-0.4, -0.2) is 41.6 Å².